The maximum atomic E-state index is 14.3. The van der Waals surface area contributed by atoms with E-state index in [2.05, 4.69) is 4.18 Å². The second-order valence-corrected chi connectivity index (χ2v) is 16.5. The molecule has 49 heavy (non-hydrogen) atoms. The maximum Gasteiger partial charge on any atom is 0.450 e. The molecule has 1 unspecified atom stereocenters. The SMILES string of the molecule is CCC(C)C(=O)OCCCCCCCCCCCCOC(=O)c1ccc(OS(=O)(=O)C(F)(F)C(F)(F)C(F)(F)S(=O)(=O)NS(C)(=O)=O)cc1. The smallest absolute Gasteiger partial charge is 0.450 e. The molecule has 0 amide bonds. The zero-order valence-corrected chi connectivity index (χ0v) is 29.5. The fraction of sp³-hybridized carbons (Fsp3) is 0.714. The standard InChI is InChI=1S/C28H41F6NO11S3/c1-4-21(2)24(36)44-19-13-11-9-7-5-6-8-10-12-14-20-45-25(37)22-15-17-23(18-16-22)46-49(42,43)28(33,34)26(29,30)27(31,32)48(40,41)35-47(3,38)39/h15-18,21,35H,4-14,19-20H2,1-3H3. The number of sulfonamides is 2. The lowest BCUT2D eigenvalue weighted by atomic mass is 10.1. The molecule has 0 fully saturated rings. The highest BCUT2D eigenvalue weighted by Crippen LogP contribution is 2.51. The van der Waals surface area contributed by atoms with Gasteiger partial charge in [0.2, 0.25) is 10.0 Å². The minimum atomic E-state index is -7.24. The van der Waals surface area contributed by atoms with Crippen LogP contribution >= 0.6 is 0 Å². The van der Waals surface area contributed by atoms with E-state index in [0.717, 1.165) is 76.3 Å². The van der Waals surface area contributed by atoms with Crippen LogP contribution in [0.2, 0.25) is 0 Å². The number of halogens is 6. The number of unbranched alkanes of at least 4 members (excludes halogenated alkanes) is 9. The number of carbonyl (C=O) groups is 2. The predicted octanol–water partition coefficient (Wildman–Crippen LogP) is 5.74. The third kappa shape index (κ3) is 12.9. The number of nitrogens with one attached hydrogen (secondary N) is 1. The minimum absolute atomic E-state index is 0.0136. The Morgan fingerprint density at radius 2 is 1.14 bits per heavy atom. The molecule has 1 aromatic rings. The molecule has 0 saturated heterocycles. The first-order valence-electron chi connectivity index (χ1n) is 15.2. The van der Waals surface area contributed by atoms with Gasteiger partial charge in [0.25, 0.3) is 10.0 Å². The van der Waals surface area contributed by atoms with E-state index >= 15 is 0 Å². The Morgan fingerprint density at radius 3 is 1.57 bits per heavy atom. The third-order valence-corrected chi connectivity index (χ3v) is 11.3. The molecular weight excluding hydrogens is 736 g/mol. The topological polar surface area (TPSA) is 176 Å². The van der Waals surface area contributed by atoms with Crippen LogP contribution in [0.25, 0.3) is 0 Å². The summed E-state index contributed by atoms with van der Waals surface area (Å²) in [5.41, 5.74) is -0.236. The van der Waals surface area contributed by atoms with Gasteiger partial charge in [0, 0.05) is 0 Å². The number of carbonyl (C=O) groups excluding carboxylic acids is 2. The third-order valence-electron chi connectivity index (χ3n) is 6.97. The van der Waals surface area contributed by atoms with E-state index in [1.165, 1.54) is 0 Å². The summed E-state index contributed by atoms with van der Waals surface area (Å²) < 4.78 is 168. The summed E-state index contributed by atoms with van der Waals surface area (Å²) in [5, 5.41) is -13.9. The van der Waals surface area contributed by atoms with Crippen molar-refractivity contribution in [2.75, 3.05) is 19.5 Å². The summed E-state index contributed by atoms with van der Waals surface area (Å²) in [6, 6.07) is 2.70. The zero-order valence-electron chi connectivity index (χ0n) is 27.1. The van der Waals surface area contributed by atoms with Crippen LogP contribution in [0.3, 0.4) is 0 Å². The molecular formula is C28H41F6NO11S3. The van der Waals surface area contributed by atoms with Crippen LogP contribution in [0.4, 0.5) is 26.3 Å². The van der Waals surface area contributed by atoms with Crippen molar-refractivity contribution in [2.24, 2.45) is 5.92 Å². The first kappa shape index (κ1) is 44.4. The lowest BCUT2D eigenvalue weighted by Crippen LogP contribution is -2.63. The van der Waals surface area contributed by atoms with Crippen LogP contribution in [0.15, 0.2) is 24.3 Å². The average molecular weight is 778 g/mol. The summed E-state index contributed by atoms with van der Waals surface area (Å²) >= 11 is 0. The predicted molar refractivity (Wildman–Crippen MR) is 165 cm³/mol. The van der Waals surface area contributed by atoms with Gasteiger partial charge < -0.3 is 13.7 Å². The molecule has 0 bridgehead atoms. The number of hydrogen-bond acceptors (Lipinski definition) is 11. The second-order valence-electron chi connectivity index (χ2n) is 11.2. The number of rotatable bonds is 24. The molecule has 1 rings (SSSR count). The molecule has 1 aromatic carbocycles. The summed E-state index contributed by atoms with van der Waals surface area (Å²) in [6.07, 6.45) is 9.81. The van der Waals surface area contributed by atoms with Gasteiger partial charge in [0.1, 0.15) is 5.75 Å². The Labute approximate surface area is 282 Å². The van der Waals surface area contributed by atoms with Crippen molar-refractivity contribution < 1.29 is 74.8 Å². The average Bonchev–Trinajstić information content (AvgIpc) is 2.99. The lowest BCUT2D eigenvalue weighted by molar-refractivity contribution is -0.245. The number of alkyl halides is 6. The molecule has 0 radical (unpaired) electrons. The Kier molecular flexibility index (Phi) is 16.8. The van der Waals surface area contributed by atoms with Crippen LogP contribution in [0.5, 0.6) is 5.75 Å². The fourth-order valence-corrected chi connectivity index (χ4v) is 7.38. The molecule has 0 aliphatic rings. The Morgan fingerprint density at radius 1 is 0.714 bits per heavy atom. The Bertz CT molecular complexity index is 1550. The molecule has 284 valence electrons. The molecule has 1 N–H and O–H groups in total. The quantitative estimate of drug-likeness (QED) is 0.0586. The van der Waals surface area contributed by atoms with E-state index in [4.69, 9.17) is 9.47 Å². The summed E-state index contributed by atoms with van der Waals surface area (Å²) in [4.78, 5) is 23.8. The normalized spacial score (nSPS) is 13.9. The van der Waals surface area contributed by atoms with Crippen LogP contribution in [-0.4, -0.2) is 73.1 Å². The van der Waals surface area contributed by atoms with Gasteiger partial charge in [-0.25, -0.2) is 21.6 Å². The zero-order chi connectivity index (χ0) is 37.7. The van der Waals surface area contributed by atoms with Crippen LogP contribution < -0.4 is 8.31 Å². The van der Waals surface area contributed by atoms with E-state index in [-0.39, 0.29) is 34.4 Å². The van der Waals surface area contributed by atoms with Gasteiger partial charge in [-0.3, -0.25) is 4.79 Å². The summed E-state index contributed by atoms with van der Waals surface area (Å²) in [5.74, 6) is -9.55. The number of esters is 2. The summed E-state index contributed by atoms with van der Waals surface area (Å²) in [6.45, 7) is 4.21. The van der Waals surface area contributed by atoms with E-state index in [1.807, 2.05) is 13.8 Å². The lowest BCUT2D eigenvalue weighted by Gasteiger charge is -2.30. The van der Waals surface area contributed by atoms with Crippen molar-refractivity contribution in [2.45, 2.75) is 101 Å². The number of hydrogen-bond donors (Lipinski definition) is 1. The van der Waals surface area contributed by atoms with E-state index in [9.17, 15) is 61.2 Å². The number of benzene rings is 1. The van der Waals surface area contributed by atoms with Crippen LogP contribution in [0.1, 0.15) is 94.8 Å². The van der Waals surface area contributed by atoms with E-state index < -0.39 is 58.3 Å². The molecule has 0 heterocycles. The monoisotopic (exact) mass is 777 g/mol. The second kappa shape index (κ2) is 18.5. The van der Waals surface area contributed by atoms with Gasteiger partial charge in [-0.05, 0) is 43.5 Å². The Balaban J connectivity index is 2.48. The highest BCUT2D eigenvalue weighted by atomic mass is 32.3. The molecule has 0 spiro atoms. The molecule has 0 aliphatic carbocycles. The van der Waals surface area contributed by atoms with Gasteiger partial charge >= 0.3 is 38.5 Å². The fourth-order valence-electron chi connectivity index (χ4n) is 3.92. The maximum absolute atomic E-state index is 14.3. The number of ether oxygens (including phenoxy) is 2. The van der Waals surface area contributed by atoms with E-state index in [1.54, 1.807) is 0 Å². The molecule has 0 aromatic heterocycles. The first-order chi connectivity index (χ1) is 22.4. The van der Waals surface area contributed by atoms with Crippen molar-refractivity contribution in [1.29, 1.82) is 0 Å². The molecule has 12 nitrogen and oxygen atoms in total. The summed E-state index contributed by atoms with van der Waals surface area (Å²) in [7, 11) is -19.4. The molecule has 0 saturated carbocycles. The van der Waals surface area contributed by atoms with Crippen LogP contribution in [0, 0.1) is 5.92 Å². The van der Waals surface area contributed by atoms with Crippen molar-refractivity contribution in [1.82, 2.24) is 4.13 Å². The van der Waals surface area contributed by atoms with Crippen LogP contribution in [-0.2, 0) is 44.4 Å². The van der Waals surface area contributed by atoms with Gasteiger partial charge in [-0.2, -0.15) is 34.8 Å². The van der Waals surface area contributed by atoms with Gasteiger partial charge in [0.15, 0.2) is 0 Å². The van der Waals surface area contributed by atoms with Crippen molar-refractivity contribution in [3.05, 3.63) is 29.8 Å². The van der Waals surface area contributed by atoms with Gasteiger partial charge in [-0.15, -0.1) is 4.13 Å². The van der Waals surface area contributed by atoms with Crippen molar-refractivity contribution >= 4 is 42.1 Å². The van der Waals surface area contributed by atoms with Gasteiger partial charge in [0.05, 0.1) is 31.0 Å². The first-order valence-corrected chi connectivity index (χ1v) is 20.0. The molecule has 1 atom stereocenters. The van der Waals surface area contributed by atoms with Crippen molar-refractivity contribution in [3.8, 4) is 5.75 Å². The molecule has 0 aliphatic heterocycles. The minimum Gasteiger partial charge on any atom is -0.465 e. The highest BCUT2D eigenvalue weighted by Gasteiger charge is 2.83. The van der Waals surface area contributed by atoms with Crippen molar-refractivity contribution in [3.63, 3.8) is 0 Å². The Hall–Kier alpha value is -2.65. The van der Waals surface area contributed by atoms with Gasteiger partial charge in [-0.1, -0.05) is 65.2 Å². The highest BCUT2D eigenvalue weighted by molar-refractivity contribution is 8.05. The largest absolute Gasteiger partial charge is 0.465 e. The molecule has 21 heteroatoms. The van der Waals surface area contributed by atoms with E-state index in [0.29, 0.717) is 25.2 Å².